The summed E-state index contributed by atoms with van der Waals surface area (Å²) in [6.07, 6.45) is 0.433. The molecule has 0 saturated heterocycles. The molecule has 3 rings (SSSR count). The minimum atomic E-state index is -0.269. The molecule has 1 aromatic heterocycles. The normalized spacial score (nSPS) is 12.7. The van der Waals surface area contributed by atoms with Gasteiger partial charge in [-0.25, -0.2) is 9.82 Å². The molecule has 0 radical (unpaired) electrons. The van der Waals surface area contributed by atoms with E-state index in [2.05, 4.69) is 11.5 Å². The summed E-state index contributed by atoms with van der Waals surface area (Å²) in [6.45, 7) is 2.03. The third-order valence-electron chi connectivity index (χ3n) is 3.62. The number of hydrazine groups is 1. The average molecular weight is 284 g/mol. The highest BCUT2D eigenvalue weighted by molar-refractivity contribution is 5.78. The molecule has 3 aromatic rings. The van der Waals surface area contributed by atoms with Gasteiger partial charge in [0.25, 0.3) is 0 Å². The van der Waals surface area contributed by atoms with Crippen molar-refractivity contribution in [3.05, 3.63) is 71.2 Å². The lowest BCUT2D eigenvalue weighted by atomic mass is 10.0. The molecular weight excluding hydrogens is 267 g/mol. The van der Waals surface area contributed by atoms with Crippen LogP contribution in [0, 0.1) is 12.7 Å². The third-order valence-corrected chi connectivity index (χ3v) is 3.62. The van der Waals surface area contributed by atoms with Crippen molar-refractivity contribution in [3.63, 3.8) is 0 Å². The van der Waals surface area contributed by atoms with Crippen LogP contribution in [-0.2, 0) is 6.42 Å². The molecular formula is C17H17FN2O. The van der Waals surface area contributed by atoms with Crippen molar-refractivity contribution in [3.8, 4) is 0 Å². The topological polar surface area (TPSA) is 51.2 Å². The van der Waals surface area contributed by atoms with Crippen molar-refractivity contribution in [2.75, 3.05) is 0 Å². The van der Waals surface area contributed by atoms with Gasteiger partial charge in [0.2, 0.25) is 0 Å². The van der Waals surface area contributed by atoms with Crippen LogP contribution in [0.25, 0.3) is 11.0 Å². The molecule has 4 heteroatoms. The summed E-state index contributed by atoms with van der Waals surface area (Å²) in [4.78, 5) is 0. The monoisotopic (exact) mass is 284 g/mol. The van der Waals surface area contributed by atoms with E-state index in [0.29, 0.717) is 17.7 Å². The number of fused-ring (bicyclic) bond motifs is 1. The fraction of sp³-hybridized carbons (Fsp3) is 0.176. The van der Waals surface area contributed by atoms with Gasteiger partial charge >= 0.3 is 0 Å². The van der Waals surface area contributed by atoms with Gasteiger partial charge in [0.1, 0.15) is 17.2 Å². The summed E-state index contributed by atoms with van der Waals surface area (Å²) in [5.74, 6) is 6.10. The van der Waals surface area contributed by atoms with Crippen molar-refractivity contribution in [1.29, 1.82) is 0 Å². The molecule has 0 aliphatic carbocycles. The van der Waals surface area contributed by atoms with Gasteiger partial charge in [-0.2, -0.15) is 0 Å². The number of benzene rings is 2. The molecule has 2 aromatic carbocycles. The van der Waals surface area contributed by atoms with Gasteiger partial charge in [-0.1, -0.05) is 29.8 Å². The SMILES string of the molecule is Cc1ccc2oc(C(Cc3ccccc3F)NN)cc2c1. The van der Waals surface area contributed by atoms with E-state index < -0.39 is 0 Å². The lowest BCUT2D eigenvalue weighted by Gasteiger charge is -2.13. The van der Waals surface area contributed by atoms with Gasteiger partial charge in [0.15, 0.2) is 0 Å². The fourth-order valence-corrected chi connectivity index (χ4v) is 2.48. The van der Waals surface area contributed by atoms with Crippen molar-refractivity contribution in [2.24, 2.45) is 5.84 Å². The van der Waals surface area contributed by atoms with Crippen LogP contribution in [-0.4, -0.2) is 0 Å². The Morgan fingerprint density at radius 3 is 2.76 bits per heavy atom. The van der Waals surface area contributed by atoms with Crippen LogP contribution >= 0.6 is 0 Å². The van der Waals surface area contributed by atoms with E-state index in [1.165, 1.54) is 11.6 Å². The number of hydrogen-bond acceptors (Lipinski definition) is 3. The van der Waals surface area contributed by atoms with E-state index in [9.17, 15) is 4.39 Å². The first-order chi connectivity index (χ1) is 10.2. The second-order valence-corrected chi connectivity index (χ2v) is 5.20. The van der Waals surface area contributed by atoms with E-state index in [0.717, 1.165) is 11.0 Å². The number of rotatable bonds is 4. The summed E-state index contributed by atoms with van der Waals surface area (Å²) >= 11 is 0. The molecule has 0 amide bonds. The van der Waals surface area contributed by atoms with E-state index in [1.54, 1.807) is 12.1 Å². The van der Waals surface area contributed by atoms with Crippen molar-refractivity contribution in [2.45, 2.75) is 19.4 Å². The summed E-state index contributed by atoms with van der Waals surface area (Å²) in [7, 11) is 0. The van der Waals surface area contributed by atoms with Crippen LogP contribution < -0.4 is 11.3 Å². The summed E-state index contributed by atoms with van der Waals surface area (Å²) < 4.78 is 19.6. The zero-order chi connectivity index (χ0) is 14.8. The fourth-order valence-electron chi connectivity index (χ4n) is 2.48. The predicted octanol–water partition coefficient (Wildman–Crippen LogP) is 3.63. The van der Waals surface area contributed by atoms with Gasteiger partial charge in [-0.15, -0.1) is 0 Å². The lowest BCUT2D eigenvalue weighted by molar-refractivity contribution is 0.429. The van der Waals surface area contributed by atoms with E-state index in [4.69, 9.17) is 10.3 Å². The molecule has 0 bridgehead atoms. The van der Waals surface area contributed by atoms with Crippen LogP contribution in [0.5, 0.6) is 0 Å². The Balaban J connectivity index is 1.93. The molecule has 1 unspecified atom stereocenters. The van der Waals surface area contributed by atoms with Crippen LogP contribution in [0.4, 0.5) is 4.39 Å². The Kier molecular flexibility index (Phi) is 3.73. The predicted molar refractivity (Wildman–Crippen MR) is 81.1 cm³/mol. The maximum absolute atomic E-state index is 13.8. The van der Waals surface area contributed by atoms with E-state index in [1.807, 2.05) is 31.2 Å². The van der Waals surface area contributed by atoms with Crippen LogP contribution in [0.3, 0.4) is 0 Å². The largest absolute Gasteiger partial charge is 0.459 e. The molecule has 0 aliphatic heterocycles. The number of nitrogens with two attached hydrogens (primary N) is 1. The Hall–Kier alpha value is -2.17. The average Bonchev–Trinajstić information content (AvgIpc) is 2.89. The summed E-state index contributed by atoms with van der Waals surface area (Å²) in [5, 5.41) is 1.03. The summed E-state index contributed by atoms with van der Waals surface area (Å²) in [5.41, 5.74) is 5.30. The Morgan fingerprint density at radius 2 is 2.00 bits per heavy atom. The summed E-state index contributed by atoms with van der Waals surface area (Å²) in [6, 6.07) is 14.4. The van der Waals surface area contributed by atoms with Crippen molar-refractivity contribution < 1.29 is 8.81 Å². The first-order valence-electron chi connectivity index (χ1n) is 6.87. The van der Waals surface area contributed by atoms with E-state index in [-0.39, 0.29) is 11.9 Å². The zero-order valence-corrected chi connectivity index (χ0v) is 11.8. The quantitative estimate of drug-likeness (QED) is 0.568. The third kappa shape index (κ3) is 2.82. The molecule has 0 saturated carbocycles. The van der Waals surface area contributed by atoms with Gasteiger partial charge in [0.05, 0.1) is 6.04 Å². The molecule has 0 aliphatic rings. The second-order valence-electron chi connectivity index (χ2n) is 5.20. The van der Waals surface area contributed by atoms with Crippen molar-refractivity contribution >= 4 is 11.0 Å². The minimum absolute atomic E-state index is 0.232. The number of furan rings is 1. The van der Waals surface area contributed by atoms with Gasteiger partial charge in [0, 0.05) is 5.39 Å². The maximum Gasteiger partial charge on any atom is 0.134 e. The first-order valence-corrected chi connectivity index (χ1v) is 6.87. The minimum Gasteiger partial charge on any atom is -0.459 e. The molecule has 1 atom stereocenters. The molecule has 21 heavy (non-hydrogen) atoms. The maximum atomic E-state index is 13.8. The number of halogens is 1. The highest BCUT2D eigenvalue weighted by Crippen LogP contribution is 2.27. The molecule has 0 fully saturated rings. The molecule has 1 heterocycles. The number of nitrogens with one attached hydrogen (secondary N) is 1. The molecule has 0 spiro atoms. The Labute approximate surface area is 122 Å². The van der Waals surface area contributed by atoms with Crippen molar-refractivity contribution in [1.82, 2.24) is 5.43 Å². The first kappa shape index (κ1) is 13.8. The number of aryl methyl sites for hydroxylation is 1. The number of hydrogen-bond donors (Lipinski definition) is 2. The van der Waals surface area contributed by atoms with E-state index >= 15 is 0 Å². The van der Waals surface area contributed by atoms with Crippen LogP contribution in [0.15, 0.2) is 52.9 Å². The highest BCUT2D eigenvalue weighted by atomic mass is 19.1. The van der Waals surface area contributed by atoms with Gasteiger partial charge in [-0.3, -0.25) is 5.84 Å². The standard InChI is InChI=1S/C17H17FN2O/c1-11-6-7-16-13(8-11)10-17(21-16)15(20-19)9-12-4-2-3-5-14(12)18/h2-8,10,15,20H,9,19H2,1H3. The molecule has 3 N–H and O–H groups in total. The Morgan fingerprint density at radius 1 is 1.19 bits per heavy atom. The lowest BCUT2D eigenvalue weighted by Crippen LogP contribution is -2.29. The zero-order valence-electron chi connectivity index (χ0n) is 11.8. The Bertz CT molecular complexity index is 766. The highest BCUT2D eigenvalue weighted by Gasteiger charge is 2.17. The van der Waals surface area contributed by atoms with Crippen LogP contribution in [0.2, 0.25) is 0 Å². The second kappa shape index (κ2) is 5.68. The molecule has 3 nitrogen and oxygen atoms in total. The van der Waals surface area contributed by atoms with Crippen LogP contribution in [0.1, 0.15) is 22.9 Å². The van der Waals surface area contributed by atoms with Gasteiger partial charge in [-0.05, 0) is 43.2 Å². The van der Waals surface area contributed by atoms with Gasteiger partial charge < -0.3 is 4.42 Å². The molecule has 108 valence electrons. The smallest absolute Gasteiger partial charge is 0.134 e.